The Hall–Kier alpha value is -1.93. The lowest BCUT2D eigenvalue weighted by Crippen LogP contribution is -2.41. The second kappa shape index (κ2) is 9.14. The van der Waals surface area contributed by atoms with Crippen LogP contribution in [0.25, 0.3) is 0 Å². The molecule has 0 bridgehead atoms. The molecule has 0 saturated carbocycles. The highest BCUT2D eigenvalue weighted by Crippen LogP contribution is 2.32. The van der Waals surface area contributed by atoms with E-state index in [0.717, 1.165) is 42.9 Å². The molecule has 0 atom stereocenters. The highest BCUT2D eigenvalue weighted by molar-refractivity contribution is 7.17. The molecule has 1 saturated heterocycles. The number of carbonyl (C=O) groups is 3. The molecule has 0 unspecified atom stereocenters. The van der Waals surface area contributed by atoms with Gasteiger partial charge in [-0.1, -0.05) is 6.92 Å². The molecule has 8 heteroatoms. The number of hydrogen-bond donors (Lipinski definition) is 1. The van der Waals surface area contributed by atoms with Gasteiger partial charge in [-0.25, -0.2) is 4.79 Å². The second-order valence-corrected chi connectivity index (χ2v) is 7.65. The Labute approximate surface area is 158 Å². The van der Waals surface area contributed by atoms with E-state index in [1.165, 1.54) is 18.4 Å². The summed E-state index contributed by atoms with van der Waals surface area (Å²) >= 11 is 1.28. The van der Waals surface area contributed by atoms with Gasteiger partial charge in [0.15, 0.2) is 0 Å². The normalized spacial score (nSPS) is 15.5. The SMILES string of the molecule is CCCN1CCCN(C(=O)C(=O)Nc2sc(C)c(C)c2C(=O)OC)CC1. The first-order valence-corrected chi connectivity index (χ1v) is 9.71. The van der Waals surface area contributed by atoms with Crippen molar-refractivity contribution in [1.29, 1.82) is 0 Å². The van der Waals surface area contributed by atoms with E-state index >= 15 is 0 Å². The molecule has 26 heavy (non-hydrogen) atoms. The van der Waals surface area contributed by atoms with Crippen LogP contribution in [0.1, 0.15) is 40.6 Å². The number of thiophene rings is 1. The molecule has 1 aromatic heterocycles. The summed E-state index contributed by atoms with van der Waals surface area (Å²) in [4.78, 5) is 41.8. The fourth-order valence-electron chi connectivity index (χ4n) is 3.08. The van der Waals surface area contributed by atoms with E-state index in [1.807, 2.05) is 6.92 Å². The third-order valence-corrected chi connectivity index (χ3v) is 5.73. The zero-order chi connectivity index (χ0) is 19.3. The number of rotatable bonds is 4. The van der Waals surface area contributed by atoms with Crippen LogP contribution >= 0.6 is 11.3 Å². The number of nitrogens with zero attached hydrogens (tertiary/aromatic N) is 2. The van der Waals surface area contributed by atoms with Gasteiger partial charge in [0, 0.05) is 24.5 Å². The van der Waals surface area contributed by atoms with Gasteiger partial charge in [-0.15, -0.1) is 11.3 Å². The van der Waals surface area contributed by atoms with Crippen molar-refractivity contribution in [3.05, 3.63) is 16.0 Å². The van der Waals surface area contributed by atoms with Crippen molar-refractivity contribution in [2.75, 3.05) is 45.2 Å². The van der Waals surface area contributed by atoms with E-state index < -0.39 is 17.8 Å². The van der Waals surface area contributed by atoms with Gasteiger partial charge in [-0.2, -0.15) is 0 Å². The van der Waals surface area contributed by atoms with Crippen LogP contribution in [0.15, 0.2) is 0 Å². The molecule has 1 aliphatic rings. The molecule has 0 radical (unpaired) electrons. The van der Waals surface area contributed by atoms with Gasteiger partial charge in [-0.05, 0) is 45.3 Å². The van der Waals surface area contributed by atoms with E-state index in [9.17, 15) is 14.4 Å². The Morgan fingerprint density at radius 2 is 1.88 bits per heavy atom. The summed E-state index contributed by atoms with van der Waals surface area (Å²) in [5.74, 6) is -1.78. The van der Waals surface area contributed by atoms with Crippen molar-refractivity contribution in [1.82, 2.24) is 9.80 Å². The molecule has 2 heterocycles. The van der Waals surface area contributed by atoms with Crippen molar-refractivity contribution in [2.45, 2.75) is 33.6 Å². The summed E-state index contributed by atoms with van der Waals surface area (Å²) in [7, 11) is 1.30. The van der Waals surface area contributed by atoms with Gasteiger partial charge in [0.1, 0.15) is 5.00 Å². The van der Waals surface area contributed by atoms with Crippen molar-refractivity contribution in [3.63, 3.8) is 0 Å². The molecule has 0 aliphatic carbocycles. The molecular weight excluding hydrogens is 354 g/mol. The number of nitrogens with one attached hydrogen (secondary N) is 1. The largest absolute Gasteiger partial charge is 0.465 e. The number of hydrogen-bond acceptors (Lipinski definition) is 6. The Bertz CT molecular complexity index is 686. The maximum absolute atomic E-state index is 12.5. The molecular formula is C18H27N3O4S. The quantitative estimate of drug-likeness (QED) is 0.638. The minimum Gasteiger partial charge on any atom is -0.465 e. The maximum Gasteiger partial charge on any atom is 0.341 e. The average Bonchev–Trinajstić information content (AvgIpc) is 2.79. The zero-order valence-corrected chi connectivity index (χ0v) is 16.7. The first kappa shape index (κ1) is 20.4. The number of methoxy groups -OCH3 is 1. The molecule has 1 fully saturated rings. The number of ether oxygens (including phenoxy) is 1. The predicted octanol–water partition coefficient (Wildman–Crippen LogP) is 2.03. The van der Waals surface area contributed by atoms with Gasteiger partial charge in [0.05, 0.1) is 12.7 Å². The van der Waals surface area contributed by atoms with Gasteiger partial charge in [0.25, 0.3) is 0 Å². The Morgan fingerprint density at radius 1 is 1.15 bits per heavy atom. The Morgan fingerprint density at radius 3 is 2.54 bits per heavy atom. The van der Waals surface area contributed by atoms with Crippen LogP contribution in [0, 0.1) is 13.8 Å². The van der Waals surface area contributed by atoms with E-state index in [1.54, 1.807) is 11.8 Å². The summed E-state index contributed by atoms with van der Waals surface area (Å²) in [6.07, 6.45) is 1.92. The number of esters is 1. The molecule has 2 rings (SSSR count). The summed E-state index contributed by atoms with van der Waals surface area (Å²) in [6, 6.07) is 0. The van der Waals surface area contributed by atoms with E-state index in [4.69, 9.17) is 4.74 Å². The van der Waals surface area contributed by atoms with Crippen molar-refractivity contribution >= 4 is 34.1 Å². The standard InChI is InChI=1S/C18H27N3O4S/c1-5-7-20-8-6-9-21(11-10-20)17(23)15(22)19-16-14(18(24)25-4)12(2)13(3)26-16/h5-11H2,1-4H3,(H,19,22). The number of amides is 2. The average molecular weight is 381 g/mol. The summed E-state index contributed by atoms with van der Waals surface area (Å²) in [6.45, 7) is 9.62. The summed E-state index contributed by atoms with van der Waals surface area (Å²) in [5, 5.41) is 2.98. The van der Waals surface area contributed by atoms with Crippen molar-refractivity contribution in [3.8, 4) is 0 Å². The molecule has 1 aromatic rings. The van der Waals surface area contributed by atoms with Crippen LogP contribution in [0.5, 0.6) is 0 Å². The number of anilines is 1. The molecule has 0 aromatic carbocycles. The topological polar surface area (TPSA) is 79.0 Å². The van der Waals surface area contributed by atoms with Crippen LogP contribution in [0.4, 0.5) is 5.00 Å². The van der Waals surface area contributed by atoms with Crippen LogP contribution in [-0.4, -0.2) is 67.4 Å². The first-order chi connectivity index (χ1) is 12.4. The third-order valence-electron chi connectivity index (χ3n) is 4.61. The minimum atomic E-state index is -0.708. The molecule has 1 aliphatic heterocycles. The highest BCUT2D eigenvalue weighted by atomic mass is 32.1. The molecule has 0 spiro atoms. The fraction of sp³-hybridized carbons (Fsp3) is 0.611. The lowest BCUT2D eigenvalue weighted by Gasteiger charge is -2.21. The van der Waals surface area contributed by atoms with Crippen LogP contribution in [0.3, 0.4) is 0 Å². The predicted molar refractivity (Wildman–Crippen MR) is 102 cm³/mol. The Kier molecular flexibility index (Phi) is 7.16. The van der Waals surface area contributed by atoms with Crippen molar-refractivity contribution in [2.24, 2.45) is 0 Å². The van der Waals surface area contributed by atoms with Gasteiger partial charge in [-0.3, -0.25) is 9.59 Å². The van der Waals surface area contributed by atoms with Gasteiger partial charge in [0.2, 0.25) is 0 Å². The van der Waals surface area contributed by atoms with Gasteiger partial charge >= 0.3 is 17.8 Å². The maximum atomic E-state index is 12.5. The smallest absolute Gasteiger partial charge is 0.341 e. The van der Waals surface area contributed by atoms with E-state index in [-0.39, 0.29) is 0 Å². The Balaban J connectivity index is 2.07. The second-order valence-electron chi connectivity index (χ2n) is 6.42. The van der Waals surface area contributed by atoms with Crippen LogP contribution in [0.2, 0.25) is 0 Å². The fourth-order valence-corrected chi connectivity index (χ4v) is 4.12. The molecule has 1 N–H and O–H groups in total. The van der Waals surface area contributed by atoms with Crippen LogP contribution < -0.4 is 5.32 Å². The number of aryl methyl sites for hydroxylation is 1. The van der Waals surface area contributed by atoms with Crippen LogP contribution in [-0.2, 0) is 14.3 Å². The zero-order valence-electron chi connectivity index (χ0n) is 15.9. The van der Waals surface area contributed by atoms with Gasteiger partial charge < -0.3 is 19.9 Å². The number of carbonyl (C=O) groups excluding carboxylic acids is 3. The van der Waals surface area contributed by atoms with E-state index in [2.05, 4.69) is 17.1 Å². The molecule has 2 amide bonds. The minimum absolute atomic E-state index is 0.320. The van der Waals surface area contributed by atoms with E-state index in [0.29, 0.717) is 23.7 Å². The molecule has 7 nitrogen and oxygen atoms in total. The highest BCUT2D eigenvalue weighted by Gasteiger charge is 2.27. The first-order valence-electron chi connectivity index (χ1n) is 8.89. The third kappa shape index (κ3) is 4.62. The van der Waals surface area contributed by atoms with Crippen molar-refractivity contribution < 1.29 is 19.1 Å². The lowest BCUT2D eigenvalue weighted by atomic mass is 10.1. The summed E-state index contributed by atoms with van der Waals surface area (Å²) < 4.78 is 4.80. The summed E-state index contributed by atoms with van der Waals surface area (Å²) in [5.41, 5.74) is 1.08. The monoisotopic (exact) mass is 381 g/mol. The molecule has 144 valence electrons. The lowest BCUT2D eigenvalue weighted by molar-refractivity contribution is -0.143.